The molecule has 1 aliphatic rings. The number of aryl methyl sites for hydroxylation is 1. The molecule has 1 aromatic heterocycles. The van der Waals surface area contributed by atoms with Gasteiger partial charge in [-0.05, 0) is 13.8 Å². The van der Waals surface area contributed by atoms with E-state index in [-0.39, 0.29) is 5.91 Å². The van der Waals surface area contributed by atoms with Gasteiger partial charge in [-0.25, -0.2) is 14.8 Å². The van der Waals surface area contributed by atoms with Gasteiger partial charge in [0.15, 0.2) is 5.16 Å². The monoisotopic (exact) mass is 354 g/mol. The third-order valence-corrected chi connectivity index (χ3v) is 4.69. The molecule has 2 rings (SSSR count). The number of aromatic nitrogens is 2. The summed E-state index contributed by atoms with van der Waals surface area (Å²) < 4.78 is 4.88. The second-order valence-electron chi connectivity index (χ2n) is 4.63. The molecule has 7 nitrogen and oxygen atoms in total. The van der Waals surface area contributed by atoms with Crippen LogP contribution in [0.1, 0.15) is 12.6 Å². The van der Waals surface area contributed by atoms with Crippen LogP contribution in [0.25, 0.3) is 0 Å². The van der Waals surface area contributed by atoms with Crippen LogP contribution in [0.2, 0.25) is 0 Å². The molecule has 1 fully saturated rings. The van der Waals surface area contributed by atoms with Crippen molar-refractivity contribution < 1.29 is 14.3 Å². The van der Waals surface area contributed by atoms with Gasteiger partial charge in [0, 0.05) is 24.1 Å². The van der Waals surface area contributed by atoms with E-state index in [4.69, 9.17) is 10.5 Å². The van der Waals surface area contributed by atoms with Crippen LogP contribution in [0.4, 0.5) is 5.82 Å². The predicted octanol–water partition coefficient (Wildman–Crippen LogP) is 1.44. The van der Waals surface area contributed by atoms with E-state index < -0.39 is 5.97 Å². The van der Waals surface area contributed by atoms with Crippen molar-refractivity contribution in [3.8, 4) is 0 Å². The summed E-state index contributed by atoms with van der Waals surface area (Å²) in [6.45, 7) is 4.37. The largest absolute Gasteiger partial charge is 0.463 e. The lowest BCUT2D eigenvalue weighted by Gasteiger charge is -2.16. The molecule has 2 heterocycles. The number of hydrogen-bond acceptors (Lipinski definition) is 8. The van der Waals surface area contributed by atoms with Gasteiger partial charge in [0.2, 0.25) is 5.91 Å². The molecule has 0 atom stereocenters. The van der Waals surface area contributed by atoms with Crippen LogP contribution in [0.3, 0.4) is 0 Å². The molecule has 0 unspecified atom stereocenters. The minimum absolute atomic E-state index is 0.0178. The van der Waals surface area contributed by atoms with Crippen molar-refractivity contribution in [3.63, 3.8) is 0 Å². The molecule has 0 saturated carbocycles. The highest BCUT2D eigenvalue weighted by atomic mass is 32.2. The molecule has 1 amide bonds. The first kappa shape index (κ1) is 17.6. The molecule has 1 aliphatic heterocycles. The molecule has 124 valence electrons. The summed E-state index contributed by atoms with van der Waals surface area (Å²) in [4.78, 5) is 33.5. The highest BCUT2D eigenvalue weighted by molar-refractivity contribution is 8.04. The maximum Gasteiger partial charge on any atom is 0.333 e. The highest BCUT2D eigenvalue weighted by Gasteiger charge is 2.27. The zero-order valence-corrected chi connectivity index (χ0v) is 14.6. The number of nitrogen functional groups attached to an aromatic ring is 1. The Bertz CT molecular complexity index is 616. The van der Waals surface area contributed by atoms with Crippen molar-refractivity contribution in [2.24, 2.45) is 0 Å². The molecule has 0 spiro atoms. The Morgan fingerprint density at radius 1 is 1.57 bits per heavy atom. The number of rotatable bonds is 6. The Labute approximate surface area is 143 Å². The number of nitrogens with two attached hydrogens (primary N) is 1. The number of carbonyl (C=O) groups is 2. The van der Waals surface area contributed by atoms with Crippen LogP contribution in [0.15, 0.2) is 22.3 Å². The Morgan fingerprint density at radius 3 is 3.04 bits per heavy atom. The fourth-order valence-electron chi connectivity index (χ4n) is 1.91. The van der Waals surface area contributed by atoms with E-state index in [1.807, 2.05) is 6.92 Å². The van der Waals surface area contributed by atoms with E-state index in [0.29, 0.717) is 40.7 Å². The van der Waals surface area contributed by atoms with Crippen molar-refractivity contribution in [1.82, 2.24) is 14.9 Å². The first-order chi connectivity index (χ1) is 11.0. The molecular weight excluding hydrogens is 336 g/mol. The SMILES string of the molecule is CCOC(=O)/C=C1\SCC(=O)N1CCSc1nc(C)cc(N)n1. The number of esters is 1. The van der Waals surface area contributed by atoms with Gasteiger partial charge in [-0.3, -0.25) is 4.79 Å². The van der Waals surface area contributed by atoms with Crippen molar-refractivity contribution >= 4 is 41.2 Å². The topological polar surface area (TPSA) is 98.4 Å². The third kappa shape index (κ3) is 5.14. The van der Waals surface area contributed by atoms with Crippen LogP contribution in [-0.4, -0.2) is 51.4 Å². The molecule has 0 aromatic carbocycles. The van der Waals surface area contributed by atoms with Gasteiger partial charge < -0.3 is 15.4 Å². The molecule has 9 heteroatoms. The van der Waals surface area contributed by atoms with E-state index in [0.717, 1.165) is 5.69 Å². The minimum Gasteiger partial charge on any atom is -0.463 e. The van der Waals surface area contributed by atoms with Gasteiger partial charge in [0.1, 0.15) is 5.82 Å². The lowest BCUT2D eigenvalue weighted by molar-refractivity contribution is -0.137. The summed E-state index contributed by atoms with van der Waals surface area (Å²) in [5.74, 6) is 0.919. The standard InChI is InChI=1S/C14H18N4O3S2/c1-3-21-13(20)7-12-18(11(19)8-23-12)4-5-22-14-16-9(2)6-10(15)17-14/h6-7H,3-5,8H2,1-2H3,(H2,15,16,17)/b12-7-. The Morgan fingerprint density at radius 2 is 2.35 bits per heavy atom. The first-order valence-corrected chi connectivity index (χ1v) is 9.02. The lowest BCUT2D eigenvalue weighted by Crippen LogP contribution is -2.27. The summed E-state index contributed by atoms with van der Waals surface area (Å²) in [5.41, 5.74) is 6.49. The number of nitrogens with zero attached hydrogens (tertiary/aromatic N) is 3. The molecule has 0 aliphatic carbocycles. The average Bonchev–Trinajstić information content (AvgIpc) is 2.79. The molecule has 2 N–H and O–H groups in total. The van der Waals surface area contributed by atoms with E-state index in [9.17, 15) is 9.59 Å². The Hall–Kier alpha value is -1.74. The van der Waals surface area contributed by atoms with E-state index in [2.05, 4.69) is 9.97 Å². The quantitative estimate of drug-likeness (QED) is 0.355. The zero-order chi connectivity index (χ0) is 16.8. The first-order valence-electron chi connectivity index (χ1n) is 7.05. The third-order valence-electron chi connectivity index (χ3n) is 2.84. The van der Waals surface area contributed by atoms with Gasteiger partial charge in [0.25, 0.3) is 0 Å². The van der Waals surface area contributed by atoms with Crippen molar-refractivity contribution in [2.45, 2.75) is 19.0 Å². The molecule has 1 saturated heterocycles. The average molecular weight is 354 g/mol. The summed E-state index contributed by atoms with van der Waals surface area (Å²) in [7, 11) is 0. The molecule has 23 heavy (non-hydrogen) atoms. The molecular formula is C14H18N4O3S2. The molecule has 0 bridgehead atoms. The summed E-state index contributed by atoms with van der Waals surface area (Å²) >= 11 is 2.76. The molecule has 1 aromatic rings. The van der Waals surface area contributed by atoms with Crippen LogP contribution in [-0.2, 0) is 14.3 Å². The number of amides is 1. The normalized spacial score (nSPS) is 16.2. The lowest BCUT2D eigenvalue weighted by atomic mass is 10.4. The van der Waals surface area contributed by atoms with Gasteiger partial charge in [-0.1, -0.05) is 23.5 Å². The Kier molecular flexibility index (Phi) is 6.28. The van der Waals surface area contributed by atoms with E-state index in [1.54, 1.807) is 17.9 Å². The number of thioether (sulfide) groups is 2. The predicted molar refractivity (Wildman–Crippen MR) is 90.8 cm³/mol. The number of ether oxygens (including phenoxy) is 1. The van der Waals surface area contributed by atoms with Gasteiger partial charge in [-0.2, -0.15) is 0 Å². The van der Waals surface area contributed by atoms with Gasteiger partial charge >= 0.3 is 5.97 Å². The van der Waals surface area contributed by atoms with Crippen LogP contribution < -0.4 is 5.73 Å². The van der Waals surface area contributed by atoms with Crippen molar-refractivity contribution in [1.29, 1.82) is 0 Å². The van der Waals surface area contributed by atoms with Crippen molar-refractivity contribution in [3.05, 3.63) is 22.9 Å². The van der Waals surface area contributed by atoms with Gasteiger partial charge in [0.05, 0.1) is 23.5 Å². The van der Waals surface area contributed by atoms with Crippen molar-refractivity contribution in [2.75, 3.05) is 30.4 Å². The maximum atomic E-state index is 11.9. The Balaban J connectivity index is 1.94. The molecule has 0 radical (unpaired) electrons. The fraction of sp³-hybridized carbons (Fsp3) is 0.429. The van der Waals surface area contributed by atoms with E-state index >= 15 is 0 Å². The highest BCUT2D eigenvalue weighted by Crippen LogP contribution is 2.29. The second-order valence-corrected chi connectivity index (χ2v) is 6.69. The minimum atomic E-state index is -0.433. The maximum absolute atomic E-state index is 11.9. The summed E-state index contributed by atoms with van der Waals surface area (Å²) in [5, 5.41) is 1.21. The van der Waals surface area contributed by atoms with E-state index in [1.165, 1.54) is 29.6 Å². The summed E-state index contributed by atoms with van der Waals surface area (Å²) in [6.07, 6.45) is 1.37. The number of carbonyl (C=O) groups excluding carboxylic acids is 2. The second kappa shape index (κ2) is 8.21. The van der Waals surface area contributed by atoms with Crippen LogP contribution >= 0.6 is 23.5 Å². The van der Waals surface area contributed by atoms with Crippen LogP contribution in [0, 0.1) is 6.92 Å². The smallest absolute Gasteiger partial charge is 0.333 e. The summed E-state index contributed by atoms with van der Waals surface area (Å²) in [6, 6.07) is 1.70. The van der Waals surface area contributed by atoms with Crippen LogP contribution in [0.5, 0.6) is 0 Å². The number of anilines is 1. The fourth-order valence-corrected chi connectivity index (χ4v) is 3.70. The van der Waals surface area contributed by atoms with Gasteiger partial charge in [-0.15, -0.1) is 0 Å². The number of hydrogen-bond donors (Lipinski definition) is 1. The zero-order valence-electron chi connectivity index (χ0n) is 12.9.